The van der Waals surface area contributed by atoms with Crippen molar-refractivity contribution in [3.8, 4) is 5.75 Å². The molecule has 1 saturated heterocycles. The van der Waals surface area contributed by atoms with Gasteiger partial charge in [-0.3, -0.25) is 9.59 Å². The Labute approximate surface area is 223 Å². The molecule has 1 heterocycles. The lowest BCUT2D eigenvalue weighted by Crippen LogP contribution is -2.38. The molecule has 8 heteroatoms. The maximum atomic E-state index is 13.3. The van der Waals surface area contributed by atoms with Gasteiger partial charge in [-0.05, 0) is 67.4 Å². The molecule has 2 aromatic rings. The van der Waals surface area contributed by atoms with Crippen LogP contribution in [0.15, 0.2) is 42.0 Å². The molecule has 0 unspecified atom stereocenters. The van der Waals surface area contributed by atoms with Crippen LogP contribution in [0.3, 0.4) is 0 Å². The number of benzene rings is 2. The molecule has 1 amide bonds. The Hall–Kier alpha value is -2.54. The molecule has 1 atom stereocenters. The van der Waals surface area contributed by atoms with Gasteiger partial charge in [-0.25, -0.2) is 0 Å². The minimum Gasteiger partial charge on any atom is -0.507 e. The van der Waals surface area contributed by atoms with Crippen LogP contribution in [0.4, 0.5) is 0 Å². The van der Waals surface area contributed by atoms with Gasteiger partial charge < -0.3 is 19.6 Å². The van der Waals surface area contributed by atoms with Crippen molar-refractivity contribution >= 4 is 40.7 Å². The van der Waals surface area contributed by atoms with E-state index in [-0.39, 0.29) is 11.3 Å². The van der Waals surface area contributed by atoms with Crippen molar-refractivity contribution in [2.24, 2.45) is 5.92 Å². The monoisotopic (exact) mass is 532 g/mol. The quantitative estimate of drug-likeness (QED) is 0.227. The molecule has 1 fully saturated rings. The van der Waals surface area contributed by atoms with Crippen LogP contribution in [0, 0.1) is 12.8 Å². The second-order valence-corrected chi connectivity index (χ2v) is 10.2. The van der Waals surface area contributed by atoms with Crippen molar-refractivity contribution in [1.82, 2.24) is 9.80 Å². The Balaban J connectivity index is 2.08. The molecule has 6 nitrogen and oxygen atoms in total. The number of nitrogens with zero attached hydrogens (tertiary/aromatic N) is 2. The number of amides is 1. The molecule has 0 radical (unpaired) electrons. The molecule has 1 N–H and O–H groups in total. The summed E-state index contributed by atoms with van der Waals surface area (Å²) in [6, 6.07) is 9.47. The molecule has 0 aromatic heterocycles. The highest BCUT2D eigenvalue weighted by molar-refractivity contribution is 6.46. The van der Waals surface area contributed by atoms with Crippen molar-refractivity contribution in [1.29, 1.82) is 0 Å². The third-order valence-corrected chi connectivity index (χ3v) is 7.11. The van der Waals surface area contributed by atoms with Crippen molar-refractivity contribution in [3.63, 3.8) is 0 Å². The van der Waals surface area contributed by atoms with Gasteiger partial charge in [-0.2, -0.15) is 0 Å². The molecule has 0 aliphatic carbocycles. The van der Waals surface area contributed by atoms with Crippen molar-refractivity contribution in [3.05, 3.63) is 68.7 Å². The Morgan fingerprint density at radius 1 is 1.08 bits per heavy atom. The third kappa shape index (κ3) is 6.05. The number of likely N-dealkylation sites (tertiary alicyclic amines) is 1. The van der Waals surface area contributed by atoms with Crippen LogP contribution >= 0.6 is 23.2 Å². The number of aliphatic hydroxyl groups is 1. The summed E-state index contributed by atoms with van der Waals surface area (Å²) in [5.74, 6) is -0.514. The predicted molar refractivity (Wildman–Crippen MR) is 145 cm³/mol. The van der Waals surface area contributed by atoms with Crippen molar-refractivity contribution in [2.45, 2.75) is 40.7 Å². The Morgan fingerprint density at radius 2 is 1.78 bits per heavy atom. The summed E-state index contributed by atoms with van der Waals surface area (Å²) in [5, 5.41) is 12.0. The van der Waals surface area contributed by atoms with Gasteiger partial charge in [0.25, 0.3) is 11.7 Å². The second-order valence-electron chi connectivity index (χ2n) is 9.38. The highest BCUT2D eigenvalue weighted by atomic mass is 35.5. The fraction of sp³-hybridized carbons (Fsp3) is 0.429. The van der Waals surface area contributed by atoms with Crippen LogP contribution in [-0.2, 0) is 9.59 Å². The van der Waals surface area contributed by atoms with Crippen LogP contribution in [0.1, 0.15) is 50.4 Å². The van der Waals surface area contributed by atoms with Crippen LogP contribution in [-0.4, -0.2) is 59.4 Å². The van der Waals surface area contributed by atoms with Gasteiger partial charge in [-0.1, -0.05) is 57.0 Å². The van der Waals surface area contributed by atoms with Gasteiger partial charge in [-0.15, -0.1) is 0 Å². The lowest BCUT2D eigenvalue weighted by atomic mass is 9.94. The van der Waals surface area contributed by atoms with E-state index < -0.39 is 17.7 Å². The summed E-state index contributed by atoms with van der Waals surface area (Å²) < 4.78 is 5.85. The van der Waals surface area contributed by atoms with Gasteiger partial charge >= 0.3 is 0 Å². The SMILES string of the molecule is CCN(CC)CCN1C(=O)C(=O)/C(=C(/O)c2ccc(OCC(C)C)c(C)c2)[C@H]1c1ccc(Cl)c(Cl)c1. The number of ether oxygens (including phenoxy) is 1. The summed E-state index contributed by atoms with van der Waals surface area (Å²) in [6.45, 7) is 13.2. The van der Waals surface area contributed by atoms with Crippen LogP contribution in [0.25, 0.3) is 5.76 Å². The Bertz CT molecular complexity index is 1160. The van der Waals surface area contributed by atoms with E-state index in [0.29, 0.717) is 52.5 Å². The molecule has 2 aromatic carbocycles. The molecule has 0 saturated carbocycles. The van der Waals surface area contributed by atoms with E-state index >= 15 is 0 Å². The molecule has 0 spiro atoms. The number of halogens is 2. The molecule has 1 aliphatic rings. The van der Waals surface area contributed by atoms with Gasteiger partial charge in [0.15, 0.2) is 0 Å². The van der Waals surface area contributed by atoms with E-state index in [2.05, 4.69) is 18.7 Å². The largest absolute Gasteiger partial charge is 0.507 e. The average Bonchev–Trinajstić information content (AvgIpc) is 3.10. The molecule has 0 bridgehead atoms. The number of hydrogen-bond acceptors (Lipinski definition) is 5. The maximum absolute atomic E-state index is 13.3. The van der Waals surface area contributed by atoms with Crippen LogP contribution in [0.5, 0.6) is 5.75 Å². The zero-order valence-electron chi connectivity index (χ0n) is 21.5. The van der Waals surface area contributed by atoms with E-state index in [0.717, 1.165) is 18.7 Å². The minimum atomic E-state index is -0.785. The first-order chi connectivity index (χ1) is 17.1. The van der Waals surface area contributed by atoms with Gasteiger partial charge in [0.1, 0.15) is 11.5 Å². The zero-order valence-corrected chi connectivity index (χ0v) is 23.0. The smallest absolute Gasteiger partial charge is 0.295 e. The fourth-order valence-corrected chi connectivity index (χ4v) is 4.61. The predicted octanol–water partition coefficient (Wildman–Crippen LogP) is 6.10. The van der Waals surface area contributed by atoms with Gasteiger partial charge in [0.2, 0.25) is 0 Å². The van der Waals surface area contributed by atoms with Crippen LogP contribution in [0.2, 0.25) is 10.0 Å². The number of carbonyl (C=O) groups is 2. The lowest BCUT2D eigenvalue weighted by molar-refractivity contribution is -0.140. The maximum Gasteiger partial charge on any atom is 0.295 e. The first kappa shape index (κ1) is 28.0. The highest BCUT2D eigenvalue weighted by Crippen LogP contribution is 2.41. The average molecular weight is 533 g/mol. The number of likely N-dealkylation sites (N-methyl/N-ethyl adjacent to an activating group) is 1. The van der Waals surface area contributed by atoms with E-state index in [1.165, 1.54) is 4.90 Å². The molecule has 3 rings (SSSR count). The van der Waals surface area contributed by atoms with Crippen LogP contribution < -0.4 is 4.74 Å². The molecular weight excluding hydrogens is 499 g/mol. The fourth-order valence-electron chi connectivity index (χ4n) is 4.30. The number of rotatable bonds is 10. The first-order valence-corrected chi connectivity index (χ1v) is 13.0. The lowest BCUT2D eigenvalue weighted by Gasteiger charge is -2.28. The topological polar surface area (TPSA) is 70.1 Å². The first-order valence-electron chi connectivity index (χ1n) is 12.3. The minimum absolute atomic E-state index is 0.0354. The summed E-state index contributed by atoms with van der Waals surface area (Å²) >= 11 is 12.4. The number of hydrogen-bond donors (Lipinski definition) is 1. The summed E-state index contributed by atoms with van der Waals surface area (Å²) in [4.78, 5) is 30.1. The number of Topliss-reactive ketones (excluding diaryl/α,β-unsaturated/α-hetero) is 1. The normalized spacial score (nSPS) is 17.5. The number of ketones is 1. The zero-order chi connectivity index (χ0) is 26.6. The molecule has 1 aliphatic heterocycles. The Morgan fingerprint density at radius 3 is 2.36 bits per heavy atom. The Kier molecular flexibility index (Phi) is 9.45. The molecule has 194 valence electrons. The van der Waals surface area contributed by atoms with Gasteiger partial charge in [0.05, 0.1) is 28.3 Å². The van der Waals surface area contributed by atoms with E-state index in [4.69, 9.17) is 27.9 Å². The second kappa shape index (κ2) is 12.1. The summed E-state index contributed by atoms with van der Waals surface area (Å²) in [5.41, 5.74) is 1.91. The van der Waals surface area contributed by atoms with E-state index in [1.54, 1.807) is 36.4 Å². The van der Waals surface area contributed by atoms with E-state index in [1.807, 2.05) is 20.8 Å². The standard InChI is InChI=1S/C28H34Cl2N2O4/c1-6-31(7-2)12-13-32-25(19-8-10-21(29)22(30)15-19)24(27(34)28(32)35)26(33)20-9-11-23(18(5)14-20)36-16-17(3)4/h8-11,14-15,17,25,33H,6-7,12-13,16H2,1-5H3/b26-24+/t25-/m1/s1. The van der Waals surface area contributed by atoms with E-state index in [9.17, 15) is 14.7 Å². The summed E-state index contributed by atoms with van der Waals surface area (Å²) in [6.07, 6.45) is 0. The molecule has 36 heavy (non-hydrogen) atoms. The van der Waals surface area contributed by atoms with Crippen molar-refractivity contribution < 1.29 is 19.4 Å². The number of carbonyl (C=O) groups excluding carboxylic acids is 2. The number of aliphatic hydroxyl groups excluding tert-OH is 1. The number of aryl methyl sites for hydroxylation is 1. The summed E-state index contributed by atoms with van der Waals surface area (Å²) in [7, 11) is 0. The third-order valence-electron chi connectivity index (χ3n) is 6.37. The van der Waals surface area contributed by atoms with Crippen molar-refractivity contribution in [2.75, 3.05) is 32.8 Å². The highest BCUT2D eigenvalue weighted by Gasteiger charge is 2.46. The molecular formula is C28H34Cl2N2O4. The van der Waals surface area contributed by atoms with Gasteiger partial charge in [0, 0.05) is 18.7 Å².